The maximum absolute atomic E-state index is 14.9. The number of likely N-dealkylation sites (N-methyl/N-ethyl adjacent to an activating group) is 2. The van der Waals surface area contributed by atoms with Gasteiger partial charge >= 0.3 is 12.1 Å². The van der Waals surface area contributed by atoms with E-state index < -0.39 is 206 Å². The maximum Gasteiger partial charge on any atom is 0.410 e. The summed E-state index contributed by atoms with van der Waals surface area (Å²) in [5.41, 5.74) is 6.62. The molecule has 39 nitrogen and oxygen atoms in total. The van der Waals surface area contributed by atoms with E-state index in [4.69, 9.17) is 44.0 Å². The normalized spacial score (nSPS) is 17.3. The second-order valence-electron chi connectivity index (χ2n) is 31.9. The third kappa shape index (κ3) is 34.9. The van der Waals surface area contributed by atoms with E-state index in [0.29, 0.717) is 36.9 Å². The van der Waals surface area contributed by atoms with Crippen molar-refractivity contribution in [2.75, 3.05) is 119 Å². The molecule has 1 fully saturated rings. The van der Waals surface area contributed by atoms with Crippen LogP contribution in [0.2, 0.25) is 0 Å². The summed E-state index contributed by atoms with van der Waals surface area (Å²) in [6.07, 6.45) is -8.12. The molecule has 0 radical (unpaired) electrons. The van der Waals surface area contributed by atoms with Crippen molar-refractivity contribution in [3.8, 4) is 0 Å². The van der Waals surface area contributed by atoms with Gasteiger partial charge in [-0.1, -0.05) is 111 Å². The zero-order valence-corrected chi connectivity index (χ0v) is 73.4. The van der Waals surface area contributed by atoms with E-state index in [9.17, 15) is 87.9 Å². The Morgan fingerprint density at radius 2 is 1.18 bits per heavy atom. The van der Waals surface area contributed by atoms with Crippen LogP contribution in [-0.2, 0) is 92.5 Å². The van der Waals surface area contributed by atoms with Gasteiger partial charge in [0.05, 0.1) is 121 Å². The van der Waals surface area contributed by atoms with Gasteiger partial charge in [0.2, 0.25) is 53.2 Å². The van der Waals surface area contributed by atoms with Crippen LogP contribution in [0.1, 0.15) is 144 Å². The van der Waals surface area contributed by atoms with Crippen LogP contribution in [0.15, 0.2) is 66.7 Å². The molecule has 4 rings (SSSR count). The van der Waals surface area contributed by atoms with Crippen molar-refractivity contribution < 1.29 is 126 Å². The molecule has 2 heterocycles. The number of hydrogen-bond acceptors (Lipinski definition) is 26. The molecular weight excluding hydrogens is 1610 g/mol. The van der Waals surface area contributed by atoms with E-state index >= 15 is 0 Å². The average molecular weight is 1740 g/mol. The number of urea groups is 1. The number of nitrogens with one attached hydrogen (secondary N) is 8. The van der Waals surface area contributed by atoms with Gasteiger partial charge in [0.1, 0.15) is 55.1 Å². The van der Waals surface area contributed by atoms with Gasteiger partial charge in [-0.3, -0.25) is 62.5 Å². The predicted molar refractivity (Wildman–Crippen MR) is 448 cm³/mol. The molecule has 2 aromatic rings. The highest BCUT2D eigenvalue weighted by Crippen LogP contribution is 2.31. The fourth-order valence-electron chi connectivity index (χ4n) is 14.2. The predicted octanol–water partition coefficient (Wildman–Crippen LogP) is -0.210. The van der Waals surface area contributed by atoms with E-state index in [1.807, 2.05) is 19.9 Å². The number of nitrogens with two attached hydrogens (primary N) is 1. The highest BCUT2D eigenvalue weighted by atomic mass is 16.6. The molecule has 0 saturated carbocycles. The molecule has 692 valence electrons. The summed E-state index contributed by atoms with van der Waals surface area (Å²) in [6.45, 7) is 17.1. The van der Waals surface area contributed by atoms with Crippen molar-refractivity contribution in [1.29, 1.82) is 0 Å². The lowest BCUT2D eigenvalue weighted by Gasteiger charge is -2.41. The Morgan fingerprint density at radius 3 is 1.74 bits per heavy atom. The minimum Gasteiger partial charge on any atom is -0.445 e. The number of primary amides is 1. The third-order valence-electron chi connectivity index (χ3n) is 21.6. The molecule has 16 N–H and O–H groups in total. The Morgan fingerprint density at radius 1 is 0.602 bits per heavy atom. The fraction of sp³-hybridized carbons (Fsp3) is 0.679. The van der Waals surface area contributed by atoms with Crippen molar-refractivity contribution >= 4 is 82.8 Å². The Kier molecular flexibility index (Phi) is 47.4. The first-order valence-electron chi connectivity index (χ1n) is 42.0. The lowest BCUT2D eigenvalue weighted by Crippen LogP contribution is -2.60. The Hall–Kier alpha value is -9.39. The topological polar surface area (TPSA) is 543 Å². The molecule has 17 atom stereocenters. The minimum atomic E-state index is -2.00. The van der Waals surface area contributed by atoms with Gasteiger partial charge in [-0.25, -0.2) is 9.59 Å². The summed E-state index contributed by atoms with van der Waals surface area (Å²) in [4.78, 5) is 181. The van der Waals surface area contributed by atoms with E-state index in [-0.39, 0.29) is 122 Å². The summed E-state index contributed by atoms with van der Waals surface area (Å²) < 4.78 is 39.7. The highest BCUT2D eigenvalue weighted by Gasteiger charge is 2.45. The molecule has 39 heteroatoms. The van der Waals surface area contributed by atoms with E-state index in [1.165, 1.54) is 50.5 Å². The Balaban J connectivity index is 1.40. The molecule has 2 aliphatic heterocycles. The van der Waals surface area contributed by atoms with Gasteiger partial charge in [-0.2, -0.15) is 0 Å². The largest absolute Gasteiger partial charge is 0.445 e. The van der Waals surface area contributed by atoms with Gasteiger partial charge in [-0.05, 0) is 86.0 Å². The smallest absolute Gasteiger partial charge is 0.410 e. The third-order valence-corrected chi connectivity index (χ3v) is 21.6. The lowest BCUT2D eigenvalue weighted by atomic mass is 9.89. The highest BCUT2D eigenvalue weighted by molar-refractivity contribution is 6.13. The van der Waals surface area contributed by atoms with Crippen LogP contribution >= 0.6 is 0 Å². The number of methoxy groups -OCH3 is 2. The summed E-state index contributed by atoms with van der Waals surface area (Å²) in [5.74, 6) is -9.18. The number of aliphatic hydroxyl groups excluding tert-OH is 6. The van der Waals surface area contributed by atoms with Crippen molar-refractivity contribution in [2.45, 2.75) is 225 Å². The maximum atomic E-state index is 14.9. The molecule has 2 aromatic carbocycles. The molecule has 0 spiro atoms. The Labute approximate surface area is 720 Å². The fourth-order valence-corrected chi connectivity index (χ4v) is 14.2. The molecule has 1 unspecified atom stereocenters. The molecule has 0 aromatic heterocycles. The molecule has 123 heavy (non-hydrogen) atoms. The van der Waals surface area contributed by atoms with Gasteiger partial charge in [-0.15, -0.1) is 0 Å². The van der Waals surface area contributed by atoms with Crippen LogP contribution in [0.4, 0.5) is 15.3 Å². The quantitative estimate of drug-likeness (QED) is 0.0301. The number of nitrogens with zero attached hydrogens (tertiary/aromatic N) is 4. The summed E-state index contributed by atoms with van der Waals surface area (Å²) >= 11 is 0. The van der Waals surface area contributed by atoms with Crippen molar-refractivity contribution in [3.05, 3.63) is 77.9 Å². The molecule has 0 aliphatic carbocycles. The average Bonchev–Trinajstić information content (AvgIpc) is 1.76. The number of carbonyl (C=O) groups is 13. The number of aliphatic hydroxyl groups is 6. The SMILES string of the molecule is CC[C@H](C)[C@@H]([C@@H](CC(=O)N1CCC[C@H]1[C@H](OC)[C@@H](C)C(=O)N[C@H](C)C(O)c1ccccc1)OC)N(C)C(=O)[C@@H](NC(=O)[C@H](C(C)C)N(C)C(=O)OCc1ccc(NC(=O)[C@H](CCCNC(N)=O)NC(=O)[C@@H](NC(=O)[C@@H](CCC(=O)NC[C@H](O)[C@@H](O)[C@H](O)[C@H](O)CO)NC(=O)CCOCCOCCOCCOCCN2C(=O)C=CC2=O)C(C)C)cc1)C(C)C. The lowest BCUT2D eigenvalue weighted by molar-refractivity contribution is -0.148. The summed E-state index contributed by atoms with van der Waals surface area (Å²) in [6, 6.07) is 5.96. The van der Waals surface area contributed by atoms with Gasteiger partial charge in [0.15, 0.2) is 0 Å². The number of amides is 14. The zero-order chi connectivity index (χ0) is 91.7. The first-order chi connectivity index (χ1) is 58.3. The molecule has 1 saturated heterocycles. The first-order valence-corrected chi connectivity index (χ1v) is 42.0. The van der Waals surface area contributed by atoms with Gasteiger partial charge in [0.25, 0.3) is 11.8 Å². The number of rotatable bonds is 58. The summed E-state index contributed by atoms with van der Waals surface area (Å²) in [5, 5.41) is 81.8. The van der Waals surface area contributed by atoms with Crippen LogP contribution in [-0.4, -0.2) is 326 Å². The van der Waals surface area contributed by atoms with Gasteiger partial charge in [0, 0.05) is 78.6 Å². The Bertz CT molecular complexity index is 3680. The summed E-state index contributed by atoms with van der Waals surface area (Å²) in [7, 11) is 5.97. The zero-order valence-electron chi connectivity index (χ0n) is 73.4. The standard InChI is InChI=1S/C84H135N13O26/c1-15-52(8)72(63(117-13)45-68(105)96-35-20-24-60(96)76(118-14)53(9)77(109)88-54(10)73(106)56-21-17-16-18-22-56)94(11)82(114)70(50(4)5)93-81(113)71(51(6)7)95(12)84(116)123-48-55-25-27-57(28-26-55)89-78(110)58(23-19-34-86-83(85)115)91-80(112)69(49(2)3)92-79(111)59(29-30-64(101)87-46-61(99)74(107)75(108)62(100)47-98)90-65(102)33-37-119-39-41-121-43-44-122-42-40-120-38-36-97-66(103)31-32-67(97)104/h16-18,21-22,25-28,31-32,49-54,58-63,69-76,98-100,106-108H,15,19-20,23-24,29-30,33-48H2,1-14H3,(H,87,101)(H,88,109)(H,89,110)(H,90,102)(H,91,112)(H,92,111)(H,93,113)(H3,85,86,115)/t52-,53+,54+,58-,59+,60-,61-,62+,63+,69-,70-,71-,72-,73?,74+,75+,76+/m0/s1. The van der Waals surface area contributed by atoms with Crippen LogP contribution < -0.4 is 48.3 Å². The molecule has 14 amide bonds. The second-order valence-corrected chi connectivity index (χ2v) is 31.9. The number of benzene rings is 2. The van der Waals surface area contributed by atoms with Crippen LogP contribution in [0.25, 0.3) is 0 Å². The number of carbonyl (C=O) groups excluding carboxylic acids is 13. The van der Waals surface area contributed by atoms with Crippen molar-refractivity contribution in [1.82, 2.24) is 56.8 Å². The van der Waals surface area contributed by atoms with Crippen LogP contribution in [0, 0.1) is 29.6 Å². The monoisotopic (exact) mass is 1740 g/mol. The van der Waals surface area contributed by atoms with Crippen LogP contribution in [0.3, 0.4) is 0 Å². The second kappa shape index (κ2) is 55.1. The van der Waals surface area contributed by atoms with Gasteiger partial charge < -0.3 is 122 Å². The number of anilines is 1. The molecule has 0 bridgehead atoms. The van der Waals surface area contributed by atoms with Crippen LogP contribution in [0.5, 0.6) is 0 Å². The van der Waals surface area contributed by atoms with Crippen molar-refractivity contribution in [2.24, 2.45) is 35.3 Å². The number of likely N-dealkylation sites (tertiary alicyclic amines) is 1. The van der Waals surface area contributed by atoms with Crippen molar-refractivity contribution in [3.63, 3.8) is 0 Å². The minimum absolute atomic E-state index is 0.0116. The number of hydrogen-bond donors (Lipinski definition) is 15. The van der Waals surface area contributed by atoms with E-state index in [1.54, 1.807) is 104 Å². The molecule has 2 aliphatic rings. The molecular formula is C84H135N13O26. The number of ether oxygens (including phenoxy) is 7. The van der Waals surface area contributed by atoms with E-state index in [2.05, 4.69) is 42.5 Å². The van der Waals surface area contributed by atoms with E-state index in [0.717, 1.165) is 9.80 Å². The number of imide groups is 1. The first kappa shape index (κ1) is 106.